The molecule has 6 heteroatoms. The Morgan fingerprint density at radius 3 is 1.95 bits per heavy atom. The van der Waals surface area contributed by atoms with E-state index in [1.807, 2.05) is 56.0 Å². The van der Waals surface area contributed by atoms with Crippen molar-refractivity contribution < 1.29 is 27.1 Å². The van der Waals surface area contributed by atoms with E-state index in [0.717, 1.165) is 11.4 Å². The molecular formula is C15H20AuN4O+3. The first-order valence-electron chi connectivity index (χ1n) is 6.76. The third-order valence-corrected chi connectivity index (χ3v) is 2.73. The molecule has 21 heavy (non-hydrogen) atoms. The maximum atomic E-state index is 5.63. The van der Waals surface area contributed by atoms with E-state index in [2.05, 4.69) is 20.0 Å². The second-order valence-electron chi connectivity index (χ2n) is 4.32. The minimum Gasteiger partial charge on any atom is -0.375 e. The molecule has 0 unspecified atom stereocenters. The van der Waals surface area contributed by atoms with Crippen LogP contribution in [0, 0.1) is 0 Å². The fraction of sp³-hybridized carbons (Fsp3) is 0.333. The van der Waals surface area contributed by atoms with E-state index < -0.39 is 0 Å². The summed E-state index contributed by atoms with van der Waals surface area (Å²) >= 11 is 0. The molecule has 2 rings (SSSR count). The summed E-state index contributed by atoms with van der Waals surface area (Å²) in [5.41, 5.74) is 1.99. The molecule has 0 aromatic carbocycles. The minimum atomic E-state index is 0. The van der Waals surface area contributed by atoms with E-state index in [1.165, 1.54) is 0 Å². The van der Waals surface area contributed by atoms with E-state index in [-0.39, 0.29) is 28.5 Å². The van der Waals surface area contributed by atoms with Gasteiger partial charge in [-0.3, -0.25) is 9.98 Å². The van der Waals surface area contributed by atoms with E-state index in [1.54, 1.807) is 0 Å². The van der Waals surface area contributed by atoms with Crippen molar-refractivity contribution in [2.24, 2.45) is 9.98 Å². The Morgan fingerprint density at radius 2 is 1.57 bits per heavy atom. The Labute approximate surface area is 140 Å². The average Bonchev–Trinajstić information content (AvgIpc) is 3.11. The number of hydrogen-bond donors (Lipinski definition) is 2. The molecule has 114 valence electrons. The van der Waals surface area contributed by atoms with Gasteiger partial charge in [-0.15, -0.1) is 0 Å². The zero-order valence-corrected chi connectivity index (χ0v) is 14.1. The van der Waals surface area contributed by atoms with Gasteiger partial charge in [0.2, 0.25) is 0 Å². The summed E-state index contributed by atoms with van der Waals surface area (Å²) in [6.07, 6.45) is 7.41. The van der Waals surface area contributed by atoms with Gasteiger partial charge in [0, 0.05) is 31.4 Å². The van der Waals surface area contributed by atoms with Gasteiger partial charge in [-0.1, -0.05) is 0 Å². The van der Waals surface area contributed by atoms with Crippen LogP contribution in [0.5, 0.6) is 0 Å². The van der Waals surface area contributed by atoms with Crippen LogP contribution >= 0.6 is 0 Å². The van der Waals surface area contributed by atoms with Crippen LogP contribution in [0.25, 0.3) is 0 Å². The molecular weight excluding hydrogens is 449 g/mol. The van der Waals surface area contributed by atoms with Crippen molar-refractivity contribution in [2.45, 2.75) is 13.0 Å². The van der Waals surface area contributed by atoms with Crippen LogP contribution in [0.15, 0.2) is 46.6 Å². The zero-order chi connectivity index (χ0) is 14.0. The van der Waals surface area contributed by atoms with Crippen LogP contribution in [0.1, 0.15) is 18.3 Å². The third-order valence-electron chi connectivity index (χ3n) is 2.73. The molecule has 0 aliphatic carbocycles. The normalized spacial score (nSPS) is 12.8. The van der Waals surface area contributed by atoms with E-state index in [9.17, 15) is 0 Å². The van der Waals surface area contributed by atoms with E-state index in [4.69, 9.17) is 4.74 Å². The molecule has 0 saturated heterocycles. The van der Waals surface area contributed by atoms with Crippen LogP contribution in [-0.4, -0.2) is 48.2 Å². The summed E-state index contributed by atoms with van der Waals surface area (Å²) in [5.74, 6) is 0. The van der Waals surface area contributed by atoms with Gasteiger partial charge in [0.1, 0.15) is 0 Å². The summed E-state index contributed by atoms with van der Waals surface area (Å²) in [7, 11) is 0. The first kappa shape index (κ1) is 17.7. The molecule has 0 saturated carbocycles. The molecule has 0 bridgehead atoms. The van der Waals surface area contributed by atoms with E-state index in [0.29, 0.717) is 19.7 Å². The van der Waals surface area contributed by atoms with E-state index >= 15 is 0 Å². The maximum Gasteiger partial charge on any atom is 3.00 e. The third kappa shape index (κ3) is 6.73. The summed E-state index contributed by atoms with van der Waals surface area (Å²) in [6, 6.07) is 7.84. The number of nitrogens with one attached hydrogen (secondary N) is 2. The number of aliphatic imine (C=N–C) groups is 2. The topological polar surface area (TPSA) is 65.5 Å². The second-order valence-corrected chi connectivity index (χ2v) is 4.32. The number of aromatic nitrogens is 2. The molecule has 0 aliphatic rings. The monoisotopic (exact) mass is 469 g/mol. The van der Waals surface area contributed by atoms with Crippen molar-refractivity contribution in [3.05, 3.63) is 48.0 Å². The van der Waals surface area contributed by atoms with Gasteiger partial charge in [0.25, 0.3) is 0 Å². The Kier molecular flexibility index (Phi) is 8.70. The van der Waals surface area contributed by atoms with Crippen molar-refractivity contribution in [2.75, 3.05) is 19.7 Å². The van der Waals surface area contributed by atoms with Crippen molar-refractivity contribution in [3.63, 3.8) is 0 Å². The Bertz CT molecular complexity index is 474. The number of nitrogens with zero attached hydrogens (tertiary/aromatic N) is 2. The first-order valence-corrected chi connectivity index (χ1v) is 6.76. The SMILES string of the molecule is CCOC(CN=Cc1ccc[nH]1)CN=Cc1ccc[nH]1.[Au+3]. The molecule has 2 N–H and O–H groups in total. The van der Waals surface area contributed by atoms with Crippen LogP contribution in [-0.2, 0) is 27.1 Å². The number of aromatic amines is 2. The first-order chi connectivity index (χ1) is 9.88. The summed E-state index contributed by atoms with van der Waals surface area (Å²) < 4.78 is 5.63. The molecule has 2 heterocycles. The molecule has 0 amide bonds. The summed E-state index contributed by atoms with van der Waals surface area (Å²) in [6.45, 7) is 3.86. The van der Waals surface area contributed by atoms with Gasteiger partial charge >= 0.3 is 22.4 Å². The number of hydrogen-bond acceptors (Lipinski definition) is 3. The molecule has 0 spiro atoms. The summed E-state index contributed by atoms with van der Waals surface area (Å²) in [4.78, 5) is 14.9. The molecule has 0 atom stereocenters. The van der Waals surface area contributed by atoms with Crippen LogP contribution in [0.3, 0.4) is 0 Å². The minimum absolute atomic E-state index is 0. The van der Waals surface area contributed by atoms with Gasteiger partial charge in [-0.05, 0) is 31.2 Å². The van der Waals surface area contributed by atoms with Gasteiger partial charge in [-0.2, -0.15) is 0 Å². The quantitative estimate of drug-likeness (QED) is 0.453. The number of rotatable bonds is 8. The molecule has 0 aliphatic heterocycles. The number of H-pyrrole nitrogens is 2. The van der Waals surface area contributed by atoms with Crippen molar-refractivity contribution in [1.82, 2.24) is 9.97 Å². The largest absolute Gasteiger partial charge is 3.00 e. The standard InChI is InChI=1S/C15H20N4O.Au/c1-2-20-15(11-16-9-13-5-3-7-18-13)12-17-10-14-6-4-8-19-14;/h3-10,15,18-19H,2,11-12H2,1H3;/q;+3. The maximum absolute atomic E-state index is 5.63. The molecule has 2 aromatic heterocycles. The Balaban J connectivity index is 0.00000220. The zero-order valence-electron chi connectivity index (χ0n) is 11.9. The van der Waals surface area contributed by atoms with Crippen LogP contribution in [0.2, 0.25) is 0 Å². The summed E-state index contributed by atoms with van der Waals surface area (Å²) in [5, 5.41) is 0. The average molecular weight is 469 g/mol. The van der Waals surface area contributed by atoms with Crippen molar-refractivity contribution in [1.29, 1.82) is 0 Å². The fourth-order valence-corrected chi connectivity index (χ4v) is 1.79. The van der Waals surface area contributed by atoms with Gasteiger partial charge in [0.15, 0.2) is 0 Å². The van der Waals surface area contributed by atoms with Crippen molar-refractivity contribution >= 4 is 12.4 Å². The smallest absolute Gasteiger partial charge is 0.375 e. The second kappa shape index (κ2) is 10.3. The van der Waals surface area contributed by atoms with Gasteiger partial charge in [0.05, 0.1) is 30.6 Å². The van der Waals surface area contributed by atoms with Crippen LogP contribution < -0.4 is 0 Å². The van der Waals surface area contributed by atoms with Crippen LogP contribution in [0.4, 0.5) is 0 Å². The molecule has 5 nitrogen and oxygen atoms in total. The van der Waals surface area contributed by atoms with Gasteiger partial charge in [-0.25, -0.2) is 0 Å². The van der Waals surface area contributed by atoms with Crippen molar-refractivity contribution in [3.8, 4) is 0 Å². The molecule has 2 aromatic rings. The van der Waals surface area contributed by atoms with Gasteiger partial charge < -0.3 is 14.7 Å². The molecule has 0 radical (unpaired) electrons. The number of ether oxygens (including phenoxy) is 1. The Morgan fingerprint density at radius 1 is 1.05 bits per heavy atom. The predicted molar refractivity (Wildman–Crippen MR) is 81.9 cm³/mol. The molecule has 0 fully saturated rings. The Hall–Kier alpha value is -1.40. The fourth-order valence-electron chi connectivity index (χ4n) is 1.79. The predicted octanol–water partition coefficient (Wildman–Crippen LogP) is 2.28.